The molecule has 0 saturated heterocycles. The summed E-state index contributed by atoms with van der Waals surface area (Å²) in [4.78, 5) is 13.9. The molecule has 0 radical (unpaired) electrons. The molecule has 1 heterocycles. The second kappa shape index (κ2) is 7.28. The van der Waals surface area contributed by atoms with Crippen molar-refractivity contribution in [2.24, 2.45) is 0 Å². The van der Waals surface area contributed by atoms with Gasteiger partial charge in [0.15, 0.2) is 11.5 Å². The second-order valence-corrected chi connectivity index (χ2v) is 5.47. The van der Waals surface area contributed by atoms with Crippen LogP contribution in [0.3, 0.4) is 0 Å². The van der Waals surface area contributed by atoms with E-state index in [-0.39, 0.29) is 10.9 Å². The summed E-state index contributed by atoms with van der Waals surface area (Å²) < 4.78 is 10.6. The number of H-pyrrole nitrogens is 1. The van der Waals surface area contributed by atoms with Crippen LogP contribution in [0.5, 0.6) is 11.5 Å². The number of rotatable bonds is 7. The van der Waals surface area contributed by atoms with Crippen LogP contribution in [0.1, 0.15) is 30.6 Å². The predicted molar refractivity (Wildman–Crippen MR) is 84.4 cm³/mol. The Morgan fingerprint density at radius 3 is 2.62 bits per heavy atom. The summed E-state index contributed by atoms with van der Waals surface area (Å²) in [5.41, 5.74) is 2.04. The van der Waals surface area contributed by atoms with Crippen LogP contribution in [0, 0.1) is 0 Å². The van der Waals surface area contributed by atoms with E-state index in [2.05, 4.69) is 17.2 Å². The van der Waals surface area contributed by atoms with Gasteiger partial charge in [-0.2, -0.15) is 0 Å². The maximum Gasteiger partial charge on any atom is 0.304 e. The molecule has 0 aliphatic heterocycles. The van der Waals surface area contributed by atoms with Crippen LogP contribution in [-0.2, 0) is 6.54 Å². The van der Waals surface area contributed by atoms with Gasteiger partial charge in [-0.05, 0) is 24.1 Å². The highest BCUT2D eigenvalue weighted by atomic mass is 32.1. The number of ether oxygens (including phenoxy) is 2. The lowest BCUT2D eigenvalue weighted by Crippen LogP contribution is -2.21. The van der Waals surface area contributed by atoms with Crippen LogP contribution in [-0.4, -0.2) is 19.2 Å². The molecular formula is C15H20N2O3S. The van der Waals surface area contributed by atoms with Crippen molar-refractivity contribution >= 4 is 11.3 Å². The SMILES string of the molecule is CCC(NCc1csc(=O)[nH]1)c1ccc(OC)c(OC)c1. The van der Waals surface area contributed by atoms with Gasteiger partial charge in [-0.25, -0.2) is 0 Å². The maximum atomic E-state index is 11.1. The van der Waals surface area contributed by atoms with Gasteiger partial charge in [-0.1, -0.05) is 24.3 Å². The van der Waals surface area contributed by atoms with Crippen molar-refractivity contribution in [3.05, 3.63) is 44.5 Å². The second-order valence-electron chi connectivity index (χ2n) is 4.63. The largest absolute Gasteiger partial charge is 0.493 e. The summed E-state index contributed by atoms with van der Waals surface area (Å²) in [7, 11) is 3.26. The predicted octanol–water partition coefficient (Wildman–Crippen LogP) is 2.69. The molecule has 5 nitrogen and oxygen atoms in total. The van der Waals surface area contributed by atoms with Crippen molar-refractivity contribution in [2.75, 3.05) is 14.2 Å². The van der Waals surface area contributed by atoms with E-state index >= 15 is 0 Å². The topological polar surface area (TPSA) is 63.4 Å². The first kappa shape index (κ1) is 15.6. The fourth-order valence-electron chi connectivity index (χ4n) is 2.20. The zero-order valence-corrected chi connectivity index (χ0v) is 13.3. The van der Waals surface area contributed by atoms with Crippen molar-refractivity contribution in [3.63, 3.8) is 0 Å². The first-order chi connectivity index (χ1) is 10.2. The van der Waals surface area contributed by atoms with Crippen molar-refractivity contribution in [3.8, 4) is 11.5 Å². The molecule has 2 aromatic rings. The molecule has 114 valence electrons. The van der Waals surface area contributed by atoms with Crippen LogP contribution in [0.2, 0.25) is 0 Å². The molecule has 1 aromatic carbocycles. The molecule has 0 aliphatic rings. The highest BCUT2D eigenvalue weighted by molar-refractivity contribution is 7.07. The molecular weight excluding hydrogens is 288 g/mol. The van der Waals surface area contributed by atoms with E-state index in [9.17, 15) is 4.79 Å². The van der Waals surface area contributed by atoms with Gasteiger partial charge in [0.05, 0.1) is 14.2 Å². The Balaban J connectivity index is 2.11. The van der Waals surface area contributed by atoms with Crippen LogP contribution >= 0.6 is 11.3 Å². The third-order valence-electron chi connectivity index (χ3n) is 3.33. The summed E-state index contributed by atoms with van der Waals surface area (Å²) in [5.74, 6) is 1.44. The standard InChI is InChI=1S/C15H20N2O3S/c1-4-12(16-8-11-9-21-15(18)17-11)10-5-6-13(19-2)14(7-10)20-3/h5-7,9,12,16H,4,8H2,1-3H3,(H,17,18). The quantitative estimate of drug-likeness (QED) is 0.825. The van der Waals surface area contributed by atoms with Crippen LogP contribution in [0.15, 0.2) is 28.4 Å². The smallest absolute Gasteiger partial charge is 0.304 e. The molecule has 1 unspecified atom stereocenters. The van der Waals surface area contributed by atoms with Crippen LogP contribution < -0.4 is 19.7 Å². The van der Waals surface area contributed by atoms with Gasteiger partial charge in [0.25, 0.3) is 0 Å². The number of hydrogen-bond donors (Lipinski definition) is 2. The minimum Gasteiger partial charge on any atom is -0.493 e. The highest BCUT2D eigenvalue weighted by Gasteiger charge is 2.12. The zero-order valence-electron chi connectivity index (χ0n) is 12.4. The van der Waals surface area contributed by atoms with E-state index in [0.717, 1.165) is 29.2 Å². The fourth-order valence-corrected chi connectivity index (χ4v) is 2.78. The van der Waals surface area contributed by atoms with E-state index < -0.39 is 0 Å². The lowest BCUT2D eigenvalue weighted by Gasteiger charge is -2.18. The van der Waals surface area contributed by atoms with Gasteiger partial charge >= 0.3 is 4.87 Å². The number of hydrogen-bond acceptors (Lipinski definition) is 5. The molecule has 2 rings (SSSR count). The third kappa shape index (κ3) is 3.86. The molecule has 0 fully saturated rings. The van der Waals surface area contributed by atoms with Gasteiger partial charge < -0.3 is 19.8 Å². The highest BCUT2D eigenvalue weighted by Crippen LogP contribution is 2.30. The molecule has 0 saturated carbocycles. The Labute approximate surface area is 127 Å². The van der Waals surface area contributed by atoms with Crippen molar-refractivity contribution in [2.45, 2.75) is 25.9 Å². The van der Waals surface area contributed by atoms with E-state index in [1.54, 1.807) is 14.2 Å². The number of thiazole rings is 1. The van der Waals surface area contributed by atoms with Gasteiger partial charge in [0.2, 0.25) is 0 Å². The van der Waals surface area contributed by atoms with Crippen molar-refractivity contribution in [1.82, 2.24) is 10.3 Å². The molecule has 6 heteroatoms. The summed E-state index contributed by atoms with van der Waals surface area (Å²) in [6, 6.07) is 6.11. The Morgan fingerprint density at radius 2 is 2.05 bits per heavy atom. The summed E-state index contributed by atoms with van der Waals surface area (Å²) >= 11 is 1.18. The normalized spacial score (nSPS) is 12.1. The lowest BCUT2D eigenvalue weighted by molar-refractivity contribution is 0.353. The molecule has 1 atom stereocenters. The summed E-state index contributed by atoms with van der Waals surface area (Å²) in [6.07, 6.45) is 0.934. The van der Waals surface area contributed by atoms with E-state index in [4.69, 9.17) is 9.47 Å². The van der Waals surface area contributed by atoms with Crippen molar-refractivity contribution < 1.29 is 9.47 Å². The average molecular weight is 308 g/mol. The Kier molecular flexibility index (Phi) is 5.41. The fraction of sp³-hybridized carbons (Fsp3) is 0.400. The first-order valence-electron chi connectivity index (χ1n) is 6.80. The van der Waals surface area contributed by atoms with Gasteiger partial charge in [-0.3, -0.25) is 4.79 Å². The maximum absolute atomic E-state index is 11.1. The number of benzene rings is 1. The molecule has 0 aliphatic carbocycles. The molecule has 21 heavy (non-hydrogen) atoms. The summed E-state index contributed by atoms with van der Waals surface area (Å²) in [5, 5.41) is 5.29. The van der Waals surface area contributed by atoms with Gasteiger partial charge in [0.1, 0.15) is 0 Å². The lowest BCUT2D eigenvalue weighted by atomic mass is 10.0. The molecule has 0 spiro atoms. The number of aromatic nitrogens is 1. The number of nitrogens with one attached hydrogen (secondary N) is 2. The monoisotopic (exact) mass is 308 g/mol. The molecule has 1 aromatic heterocycles. The minimum atomic E-state index is -0.0223. The number of methoxy groups -OCH3 is 2. The molecule has 2 N–H and O–H groups in total. The third-order valence-corrected chi connectivity index (χ3v) is 4.05. The van der Waals surface area contributed by atoms with Gasteiger partial charge in [0, 0.05) is 23.7 Å². The van der Waals surface area contributed by atoms with E-state index in [1.165, 1.54) is 11.3 Å². The van der Waals surface area contributed by atoms with Crippen LogP contribution in [0.25, 0.3) is 0 Å². The molecule has 0 amide bonds. The Morgan fingerprint density at radius 1 is 1.29 bits per heavy atom. The Bertz CT molecular complexity index is 636. The van der Waals surface area contributed by atoms with Crippen molar-refractivity contribution in [1.29, 1.82) is 0 Å². The van der Waals surface area contributed by atoms with E-state index in [1.807, 2.05) is 23.6 Å². The molecule has 0 bridgehead atoms. The Hall–Kier alpha value is -1.79. The summed E-state index contributed by atoms with van der Waals surface area (Å²) in [6.45, 7) is 2.75. The van der Waals surface area contributed by atoms with Gasteiger partial charge in [-0.15, -0.1) is 0 Å². The van der Waals surface area contributed by atoms with Crippen LogP contribution in [0.4, 0.5) is 0 Å². The first-order valence-corrected chi connectivity index (χ1v) is 7.67. The zero-order chi connectivity index (χ0) is 15.2. The average Bonchev–Trinajstić information content (AvgIpc) is 2.93. The minimum absolute atomic E-state index is 0.0223. The number of aromatic amines is 1. The van der Waals surface area contributed by atoms with E-state index in [0.29, 0.717) is 6.54 Å².